The molecular formula is C16H22N2O3. The van der Waals surface area contributed by atoms with Gasteiger partial charge in [-0.3, -0.25) is 4.79 Å². The number of fused-ring (bicyclic) bond motifs is 1. The van der Waals surface area contributed by atoms with Crippen molar-refractivity contribution >= 4 is 11.9 Å². The predicted octanol–water partition coefficient (Wildman–Crippen LogP) is 1.46. The lowest BCUT2D eigenvalue weighted by molar-refractivity contribution is -0.142. The van der Waals surface area contributed by atoms with Gasteiger partial charge >= 0.3 is 5.97 Å². The fraction of sp³-hybridized carbons (Fsp3) is 0.500. The van der Waals surface area contributed by atoms with Gasteiger partial charge in [0, 0.05) is 6.54 Å². The first-order chi connectivity index (χ1) is 10.1. The van der Waals surface area contributed by atoms with Crippen LogP contribution >= 0.6 is 0 Å². The molecule has 0 spiro atoms. The van der Waals surface area contributed by atoms with E-state index in [1.54, 1.807) is 0 Å². The highest BCUT2D eigenvalue weighted by Gasteiger charge is 2.27. The number of unbranched alkanes of at least 4 members (excludes halogenated alkanes) is 1. The van der Waals surface area contributed by atoms with Gasteiger partial charge in [0.15, 0.2) is 0 Å². The molecule has 1 aromatic carbocycles. The number of hydrogen-bond acceptors (Lipinski definition) is 3. The molecule has 114 valence electrons. The molecule has 0 bridgehead atoms. The fourth-order valence-corrected chi connectivity index (χ4v) is 2.58. The van der Waals surface area contributed by atoms with Crippen LogP contribution in [0.2, 0.25) is 0 Å². The van der Waals surface area contributed by atoms with Crippen molar-refractivity contribution in [3.8, 4) is 0 Å². The Morgan fingerprint density at radius 2 is 2.10 bits per heavy atom. The molecule has 1 amide bonds. The van der Waals surface area contributed by atoms with Gasteiger partial charge in [-0.1, -0.05) is 44.0 Å². The van der Waals surface area contributed by atoms with Gasteiger partial charge in [-0.05, 0) is 24.0 Å². The van der Waals surface area contributed by atoms with Crippen molar-refractivity contribution in [2.75, 3.05) is 0 Å². The van der Waals surface area contributed by atoms with Crippen LogP contribution in [0.5, 0.6) is 0 Å². The van der Waals surface area contributed by atoms with Crippen LogP contribution in [-0.2, 0) is 22.6 Å². The zero-order valence-corrected chi connectivity index (χ0v) is 12.3. The molecule has 2 atom stereocenters. The van der Waals surface area contributed by atoms with Crippen molar-refractivity contribution in [3.05, 3.63) is 35.4 Å². The van der Waals surface area contributed by atoms with Gasteiger partial charge in [0.1, 0.15) is 6.04 Å². The molecule has 1 heterocycles. The number of benzene rings is 1. The molecule has 0 aromatic heterocycles. The minimum atomic E-state index is -0.965. The number of aliphatic carboxylic acids is 1. The Bertz CT molecular complexity index is 516. The number of carboxylic acids is 1. The molecule has 1 aliphatic rings. The molecule has 1 unspecified atom stereocenters. The van der Waals surface area contributed by atoms with Gasteiger partial charge < -0.3 is 15.7 Å². The van der Waals surface area contributed by atoms with Crippen LogP contribution in [0.1, 0.15) is 37.3 Å². The lowest BCUT2D eigenvalue weighted by atomic mass is 9.95. The van der Waals surface area contributed by atoms with Crippen LogP contribution in [0, 0.1) is 0 Å². The molecule has 0 aliphatic carbocycles. The monoisotopic (exact) mass is 290 g/mol. The molecular weight excluding hydrogens is 268 g/mol. The minimum Gasteiger partial charge on any atom is -0.480 e. The SMILES string of the molecule is CCCC[C@H](NC(=O)C1Cc2ccccc2CN1)C(=O)O. The molecule has 0 fully saturated rings. The van der Waals surface area contributed by atoms with Gasteiger partial charge in [0.2, 0.25) is 5.91 Å². The van der Waals surface area contributed by atoms with Crippen molar-refractivity contribution in [2.45, 2.75) is 51.2 Å². The van der Waals surface area contributed by atoms with Gasteiger partial charge in [-0.25, -0.2) is 4.79 Å². The molecule has 2 rings (SSSR count). The van der Waals surface area contributed by atoms with E-state index >= 15 is 0 Å². The zero-order chi connectivity index (χ0) is 15.2. The van der Waals surface area contributed by atoms with Crippen molar-refractivity contribution in [1.82, 2.24) is 10.6 Å². The molecule has 5 heteroatoms. The van der Waals surface area contributed by atoms with E-state index in [0.29, 0.717) is 19.4 Å². The number of carboxylic acid groups (broad SMARTS) is 1. The van der Waals surface area contributed by atoms with Crippen molar-refractivity contribution < 1.29 is 14.7 Å². The standard InChI is InChI=1S/C16H22N2O3/c1-2-3-8-13(16(20)21)18-15(19)14-9-11-6-4-5-7-12(11)10-17-14/h4-7,13-14,17H,2-3,8-10H2,1H3,(H,18,19)(H,20,21)/t13-,14?/m0/s1. The summed E-state index contributed by atoms with van der Waals surface area (Å²) in [6.07, 6.45) is 2.77. The molecule has 1 aliphatic heterocycles. The van der Waals surface area contributed by atoms with E-state index in [0.717, 1.165) is 18.4 Å². The summed E-state index contributed by atoms with van der Waals surface area (Å²) in [6, 6.07) is 6.84. The van der Waals surface area contributed by atoms with Gasteiger partial charge in [0.05, 0.1) is 6.04 Å². The van der Waals surface area contributed by atoms with E-state index in [9.17, 15) is 9.59 Å². The largest absolute Gasteiger partial charge is 0.480 e. The summed E-state index contributed by atoms with van der Waals surface area (Å²) in [5.74, 6) is -1.19. The maximum atomic E-state index is 12.2. The van der Waals surface area contributed by atoms with Gasteiger partial charge in [-0.2, -0.15) is 0 Å². The smallest absolute Gasteiger partial charge is 0.326 e. The molecule has 0 radical (unpaired) electrons. The molecule has 0 saturated heterocycles. The van der Waals surface area contributed by atoms with Crippen LogP contribution in [0.25, 0.3) is 0 Å². The highest BCUT2D eigenvalue weighted by Crippen LogP contribution is 2.16. The fourth-order valence-electron chi connectivity index (χ4n) is 2.58. The van der Waals surface area contributed by atoms with Gasteiger partial charge in [-0.15, -0.1) is 0 Å². The van der Waals surface area contributed by atoms with Gasteiger partial charge in [0.25, 0.3) is 0 Å². The topological polar surface area (TPSA) is 78.4 Å². The molecule has 21 heavy (non-hydrogen) atoms. The van der Waals surface area contributed by atoms with E-state index in [-0.39, 0.29) is 11.9 Å². The number of hydrogen-bond donors (Lipinski definition) is 3. The normalized spacial score (nSPS) is 18.6. The lowest BCUT2D eigenvalue weighted by Gasteiger charge is -2.26. The van der Waals surface area contributed by atoms with Crippen LogP contribution in [0.15, 0.2) is 24.3 Å². The zero-order valence-electron chi connectivity index (χ0n) is 12.3. The third kappa shape index (κ3) is 4.04. The first kappa shape index (κ1) is 15.5. The Morgan fingerprint density at radius 1 is 1.38 bits per heavy atom. The predicted molar refractivity (Wildman–Crippen MR) is 79.9 cm³/mol. The maximum Gasteiger partial charge on any atom is 0.326 e. The number of nitrogens with one attached hydrogen (secondary N) is 2. The second-order valence-corrected chi connectivity index (χ2v) is 5.45. The average molecular weight is 290 g/mol. The number of carbonyl (C=O) groups is 2. The first-order valence-corrected chi connectivity index (χ1v) is 7.45. The summed E-state index contributed by atoms with van der Waals surface area (Å²) in [5, 5.41) is 15.0. The summed E-state index contributed by atoms with van der Waals surface area (Å²) >= 11 is 0. The third-order valence-electron chi connectivity index (χ3n) is 3.86. The Hall–Kier alpha value is -1.88. The van der Waals surface area contributed by atoms with Crippen LogP contribution in [0.4, 0.5) is 0 Å². The Labute approximate surface area is 124 Å². The van der Waals surface area contributed by atoms with E-state index in [1.165, 1.54) is 5.56 Å². The summed E-state index contributed by atoms with van der Waals surface area (Å²) in [6.45, 7) is 2.64. The molecule has 1 aromatic rings. The lowest BCUT2D eigenvalue weighted by Crippen LogP contribution is -2.52. The first-order valence-electron chi connectivity index (χ1n) is 7.45. The highest BCUT2D eigenvalue weighted by molar-refractivity contribution is 5.87. The number of amides is 1. The maximum absolute atomic E-state index is 12.2. The second-order valence-electron chi connectivity index (χ2n) is 5.45. The molecule has 5 nitrogen and oxygen atoms in total. The number of carbonyl (C=O) groups excluding carboxylic acids is 1. The molecule has 0 saturated carbocycles. The minimum absolute atomic E-state index is 0.229. The average Bonchev–Trinajstić information content (AvgIpc) is 2.50. The van der Waals surface area contributed by atoms with E-state index < -0.39 is 12.0 Å². The van der Waals surface area contributed by atoms with Crippen LogP contribution < -0.4 is 10.6 Å². The van der Waals surface area contributed by atoms with Crippen LogP contribution in [-0.4, -0.2) is 29.1 Å². The van der Waals surface area contributed by atoms with E-state index in [2.05, 4.69) is 10.6 Å². The Kier molecular flexibility index (Phi) is 5.33. The highest BCUT2D eigenvalue weighted by atomic mass is 16.4. The summed E-state index contributed by atoms with van der Waals surface area (Å²) in [4.78, 5) is 23.4. The second kappa shape index (κ2) is 7.22. The Morgan fingerprint density at radius 3 is 2.76 bits per heavy atom. The van der Waals surface area contributed by atoms with E-state index in [4.69, 9.17) is 5.11 Å². The quantitative estimate of drug-likeness (QED) is 0.741. The van der Waals surface area contributed by atoms with Crippen molar-refractivity contribution in [3.63, 3.8) is 0 Å². The van der Waals surface area contributed by atoms with E-state index in [1.807, 2.05) is 31.2 Å². The van der Waals surface area contributed by atoms with Crippen molar-refractivity contribution in [2.24, 2.45) is 0 Å². The summed E-state index contributed by atoms with van der Waals surface area (Å²) in [7, 11) is 0. The van der Waals surface area contributed by atoms with Crippen LogP contribution in [0.3, 0.4) is 0 Å². The van der Waals surface area contributed by atoms with Crippen molar-refractivity contribution in [1.29, 1.82) is 0 Å². The summed E-state index contributed by atoms with van der Waals surface area (Å²) in [5.41, 5.74) is 2.35. The third-order valence-corrected chi connectivity index (χ3v) is 3.86. The summed E-state index contributed by atoms with van der Waals surface area (Å²) < 4.78 is 0. The Balaban J connectivity index is 1.96. The number of rotatable bonds is 6. The molecule has 3 N–H and O–H groups in total.